The first-order valence-corrected chi connectivity index (χ1v) is 4.57. The van der Waals surface area contributed by atoms with Gasteiger partial charge in [0.15, 0.2) is 5.02 Å². The van der Waals surface area contributed by atoms with E-state index in [0.29, 0.717) is 0 Å². The SMILES string of the molecule is [N-]=[N+](OS(=O)(=O)[O-])OS(=O)(=O)[O-]. The molecular formula is N2O8S2-2. The van der Waals surface area contributed by atoms with Crippen molar-refractivity contribution < 1.29 is 39.5 Å². The predicted molar refractivity (Wildman–Crippen MR) is 25.2 cm³/mol. The topological polar surface area (TPSA) is 158 Å². The molecule has 0 rings (SSSR count). The lowest BCUT2D eigenvalue weighted by Gasteiger charge is -2.06. The van der Waals surface area contributed by atoms with Crippen molar-refractivity contribution in [3.05, 3.63) is 5.53 Å². The molecule has 0 aliphatic rings. The van der Waals surface area contributed by atoms with Gasteiger partial charge in [-0.3, -0.25) is 0 Å². The Morgan fingerprint density at radius 1 is 1.00 bits per heavy atom. The first kappa shape index (κ1) is 11.0. The third-order valence-corrected chi connectivity index (χ3v) is 0.930. The Hall–Kier alpha value is -0.980. The van der Waals surface area contributed by atoms with E-state index in [-0.39, 0.29) is 0 Å². The molecule has 0 heterocycles. The van der Waals surface area contributed by atoms with Gasteiger partial charge >= 0.3 is 20.8 Å². The van der Waals surface area contributed by atoms with Crippen LogP contribution in [0.25, 0.3) is 5.53 Å². The molecule has 0 radical (unpaired) electrons. The summed E-state index contributed by atoms with van der Waals surface area (Å²) in [7, 11) is -10.8. The Balaban J connectivity index is 4.30. The molecule has 10 nitrogen and oxygen atoms in total. The maximum Gasteiger partial charge on any atom is 0.330 e. The van der Waals surface area contributed by atoms with Crippen LogP contribution in [0.4, 0.5) is 0 Å². The highest BCUT2D eigenvalue weighted by Gasteiger charge is 2.09. The van der Waals surface area contributed by atoms with E-state index in [1.165, 1.54) is 0 Å². The van der Waals surface area contributed by atoms with Gasteiger partial charge < -0.3 is 14.6 Å². The molecule has 12 heavy (non-hydrogen) atoms. The van der Waals surface area contributed by atoms with E-state index in [0.717, 1.165) is 0 Å². The minimum atomic E-state index is -5.40. The van der Waals surface area contributed by atoms with E-state index in [4.69, 9.17) is 5.53 Å². The smallest absolute Gasteiger partial charge is 0.330 e. The molecule has 0 aliphatic heterocycles. The van der Waals surface area contributed by atoms with E-state index >= 15 is 0 Å². The lowest BCUT2D eigenvalue weighted by molar-refractivity contribution is -0.925. The molecule has 72 valence electrons. The van der Waals surface area contributed by atoms with Crippen molar-refractivity contribution in [2.75, 3.05) is 0 Å². The fraction of sp³-hybridized carbons (Fsp3) is 0. The van der Waals surface area contributed by atoms with Gasteiger partial charge in [-0.25, -0.2) is 0 Å². The summed E-state index contributed by atoms with van der Waals surface area (Å²) in [6.07, 6.45) is 0. The first-order chi connectivity index (χ1) is 5.10. The van der Waals surface area contributed by atoms with E-state index in [9.17, 15) is 25.9 Å². The van der Waals surface area contributed by atoms with Crippen LogP contribution in [0.1, 0.15) is 0 Å². The summed E-state index contributed by atoms with van der Waals surface area (Å²) in [6, 6.07) is 0. The molecular weight excluding hydrogens is 220 g/mol. The fourth-order valence-electron chi connectivity index (χ4n) is 0.169. The largest absolute Gasteiger partial charge is 0.711 e. The van der Waals surface area contributed by atoms with Crippen molar-refractivity contribution in [2.24, 2.45) is 0 Å². The summed E-state index contributed by atoms with van der Waals surface area (Å²) in [4.78, 5) is 0. The third kappa shape index (κ3) is 7.13. The maximum atomic E-state index is 9.57. The number of rotatable bonds is 4. The zero-order chi connectivity index (χ0) is 9.99. The Kier molecular flexibility index (Phi) is 2.92. The molecule has 0 N–H and O–H groups in total. The van der Waals surface area contributed by atoms with Crippen LogP contribution in [0.15, 0.2) is 0 Å². The van der Waals surface area contributed by atoms with Gasteiger partial charge in [-0.05, 0) is 0 Å². The van der Waals surface area contributed by atoms with E-state index < -0.39 is 25.8 Å². The van der Waals surface area contributed by atoms with Crippen LogP contribution in [-0.4, -0.2) is 31.0 Å². The summed E-state index contributed by atoms with van der Waals surface area (Å²) >= 11 is 0. The maximum absolute atomic E-state index is 9.57. The number of nitrogens with zero attached hydrogens (tertiary/aromatic N) is 2. The molecule has 0 aromatic rings. The molecule has 0 spiro atoms. The molecule has 0 unspecified atom stereocenters. The second-order valence-electron chi connectivity index (χ2n) is 1.20. The highest BCUT2D eigenvalue weighted by molar-refractivity contribution is 7.81. The van der Waals surface area contributed by atoms with Gasteiger partial charge in [0.1, 0.15) is 0 Å². The van der Waals surface area contributed by atoms with Gasteiger partial charge in [-0.1, -0.05) is 0 Å². The molecule has 0 fully saturated rings. The standard InChI is InChI=1S/H2N2O8S2/c1-2(9-11(3,4)5)10-12(6,7)8/h(H,3,4,5)(H,6,7,8)/p-2. The van der Waals surface area contributed by atoms with Crippen molar-refractivity contribution in [1.82, 2.24) is 0 Å². The highest BCUT2D eigenvalue weighted by Crippen LogP contribution is 1.93. The van der Waals surface area contributed by atoms with Gasteiger partial charge in [0.25, 0.3) is 0 Å². The van der Waals surface area contributed by atoms with Crippen LogP contribution in [0.3, 0.4) is 0 Å². The third-order valence-electron chi connectivity index (χ3n) is 0.310. The average Bonchev–Trinajstić information content (AvgIpc) is 1.49. The zero-order valence-electron chi connectivity index (χ0n) is 4.98. The van der Waals surface area contributed by atoms with Gasteiger partial charge in [-0.2, -0.15) is 16.8 Å². The molecule has 0 bridgehead atoms. The second kappa shape index (κ2) is 3.18. The Labute approximate surface area is 66.6 Å². The lowest BCUT2D eigenvalue weighted by Crippen LogP contribution is -2.19. The van der Waals surface area contributed by atoms with Crippen LogP contribution >= 0.6 is 0 Å². The zero-order valence-corrected chi connectivity index (χ0v) is 6.61. The fourth-order valence-corrected chi connectivity index (χ4v) is 0.580. The summed E-state index contributed by atoms with van der Waals surface area (Å²) in [5.41, 5.74) is 7.95. The minimum absolute atomic E-state index is 1.38. The van der Waals surface area contributed by atoms with Gasteiger partial charge in [0.2, 0.25) is 0 Å². The van der Waals surface area contributed by atoms with Crippen LogP contribution in [0.5, 0.6) is 0 Å². The second-order valence-corrected chi connectivity index (χ2v) is 3.13. The van der Waals surface area contributed by atoms with Crippen LogP contribution < -0.4 is 0 Å². The molecule has 0 aliphatic carbocycles. The predicted octanol–water partition coefficient (Wildman–Crippen LogP) is -2.20. The summed E-state index contributed by atoms with van der Waals surface area (Å²) in [6.45, 7) is 0. The quantitative estimate of drug-likeness (QED) is 0.223. The molecule has 0 atom stereocenters. The van der Waals surface area contributed by atoms with E-state index in [2.05, 4.69) is 8.57 Å². The van der Waals surface area contributed by atoms with Crippen molar-refractivity contribution in [1.29, 1.82) is 0 Å². The van der Waals surface area contributed by atoms with Crippen molar-refractivity contribution in [3.8, 4) is 0 Å². The molecule has 0 amide bonds. The van der Waals surface area contributed by atoms with E-state index in [1.807, 2.05) is 0 Å². The molecule has 0 saturated heterocycles. The molecule has 0 aromatic heterocycles. The Morgan fingerprint density at radius 2 is 1.25 bits per heavy atom. The Bertz CT molecular complexity index is 322. The lowest BCUT2D eigenvalue weighted by atomic mass is 12.9. The van der Waals surface area contributed by atoms with Gasteiger partial charge in [0.05, 0.1) is 0 Å². The first-order valence-electron chi connectivity index (χ1n) is 1.90. The van der Waals surface area contributed by atoms with Crippen molar-refractivity contribution in [2.45, 2.75) is 0 Å². The van der Waals surface area contributed by atoms with Gasteiger partial charge in [-0.15, -0.1) is 8.57 Å². The monoisotopic (exact) mass is 220 g/mol. The summed E-state index contributed by atoms with van der Waals surface area (Å²) in [5.74, 6) is 0. The van der Waals surface area contributed by atoms with Crippen LogP contribution in [0, 0.1) is 0 Å². The van der Waals surface area contributed by atoms with Crippen LogP contribution in [-0.2, 0) is 29.4 Å². The minimum Gasteiger partial charge on any atom is -0.711 e. The number of hydrogen-bond donors (Lipinski definition) is 0. The molecule has 0 aromatic carbocycles. The van der Waals surface area contributed by atoms with E-state index in [1.54, 1.807) is 0 Å². The summed E-state index contributed by atoms with van der Waals surface area (Å²) in [5, 5.41) is -1.38. The highest BCUT2D eigenvalue weighted by atomic mass is 32.3. The molecule has 12 heteroatoms. The number of hydrogen-bond acceptors (Lipinski definition) is 8. The molecule has 0 saturated carbocycles. The average molecular weight is 220 g/mol. The normalized spacial score (nSPS) is 12.2. The van der Waals surface area contributed by atoms with Crippen molar-refractivity contribution >= 4 is 20.8 Å². The van der Waals surface area contributed by atoms with Crippen LogP contribution in [0.2, 0.25) is 0 Å². The summed E-state index contributed by atoms with van der Waals surface area (Å²) < 4.78 is 63.1. The van der Waals surface area contributed by atoms with Gasteiger partial charge in [0, 0.05) is 0 Å². The Morgan fingerprint density at radius 3 is 1.42 bits per heavy atom. The van der Waals surface area contributed by atoms with Crippen molar-refractivity contribution in [3.63, 3.8) is 0 Å².